The zero-order valence-corrected chi connectivity index (χ0v) is 11.5. The molecule has 0 amide bonds. The Bertz CT molecular complexity index is 360. The second kappa shape index (κ2) is 8.62. The van der Waals surface area contributed by atoms with Gasteiger partial charge < -0.3 is 10.5 Å². The van der Waals surface area contributed by atoms with Gasteiger partial charge in [0.1, 0.15) is 5.75 Å². The molecule has 0 unspecified atom stereocenters. The number of allylic oxidation sites excluding steroid dienone is 1. The third kappa shape index (κ3) is 5.26. The fraction of sp³-hybridized carbons (Fsp3) is 0.500. The zero-order chi connectivity index (χ0) is 13.2. The highest BCUT2D eigenvalue weighted by atomic mass is 16.5. The van der Waals surface area contributed by atoms with Crippen LogP contribution in [0.2, 0.25) is 0 Å². The molecule has 0 aromatic heterocycles. The van der Waals surface area contributed by atoms with Crippen LogP contribution in [0.5, 0.6) is 5.75 Å². The Morgan fingerprint density at radius 3 is 2.72 bits per heavy atom. The van der Waals surface area contributed by atoms with Gasteiger partial charge in [-0.3, -0.25) is 0 Å². The van der Waals surface area contributed by atoms with Crippen LogP contribution in [0.3, 0.4) is 0 Å². The standard InChI is InChI=1S/C16H25NO/c1-3-5-6-7-8-12-18-16-11-10-15(17)13-14(16)9-4-2/h4,10-11,13H,2-3,5-9,12,17H2,1H3. The summed E-state index contributed by atoms with van der Waals surface area (Å²) in [4.78, 5) is 0. The van der Waals surface area contributed by atoms with Crippen LogP contribution in [0.25, 0.3) is 0 Å². The number of nitrogen functional groups attached to an aromatic ring is 1. The lowest BCUT2D eigenvalue weighted by molar-refractivity contribution is 0.302. The van der Waals surface area contributed by atoms with E-state index in [1.807, 2.05) is 24.3 Å². The molecule has 0 aliphatic heterocycles. The third-order valence-corrected chi connectivity index (χ3v) is 2.95. The van der Waals surface area contributed by atoms with Crippen molar-refractivity contribution in [1.82, 2.24) is 0 Å². The van der Waals surface area contributed by atoms with Crippen LogP contribution in [0, 0.1) is 0 Å². The molecule has 1 rings (SSSR count). The van der Waals surface area contributed by atoms with Gasteiger partial charge in [0, 0.05) is 5.69 Å². The number of hydrogen-bond acceptors (Lipinski definition) is 2. The van der Waals surface area contributed by atoms with E-state index in [2.05, 4.69) is 13.5 Å². The lowest BCUT2D eigenvalue weighted by Gasteiger charge is -2.11. The van der Waals surface area contributed by atoms with Gasteiger partial charge >= 0.3 is 0 Å². The Hall–Kier alpha value is -1.44. The summed E-state index contributed by atoms with van der Waals surface area (Å²) in [6, 6.07) is 5.81. The van der Waals surface area contributed by atoms with E-state index in [0.29, 0.717) is 0 Å². The Kier molecular flexibility index (Phi) is 7.00. The summed E-state index contributed by atoms with van der Waals surface area (Å²) in [5.74, 6) is 0.944. The number of benzene rings is 1. The van der Waals surface area contributed by atoms with Gasteiger partial charge in [-0.15, -0.1) is 6.58 Å². The number of unbranched alkanes of at least 4 members (excludes halogenated alkanes) is 4. The lowest BCUT2D eigenvalue weighted by atomic mass is 10.1. The van der Waals surface area contributed by atoms with Crippen molar-refractivity contribution in [1.29, 1.82) is 0 Å². The average Bonchev–Trinajstić information content (AvgIpc) is 2.36. The molecule has 0 spiro atoms. The molecule has 0 radical (unpaired) electrons. The quantitative estimate of drug-likeness (QED) is 0.400. The first-order valence-electron chi connectivity index (χ1n) is 6.90. The minimum absolute atomic E-state index is 0.780. The Labute approximate surface area is 111 Å². The Balaban J connectivity index is 2.38. The van der Waals surface area contributed by atoms with Crippen LogP contribution in [0.15, 0.2) is 30.9 Å². The maximum atomic E-state index is 5.82. The van der Waals surface area contributed by atoms with E-state index in [0.717, 1.165) is 36.4 Å². The van der Waals surface area contributed by atoms with Crippen molar-refractivity contribution in [2.45, 2.75) is 45.4 Å². The van der Waals surface area contributed by atoms with Gasteiger partial charge in [-0.1, -0.05) is 38.7 Å². The molecule has 2 nitrogen and oxygen atoms in total. The maximum Gasteiger partial charge on any atom is 0.122 e. The topological polar surface area (TPSA) is 35.2 Å². The number of hydrogen-bond donors (Lipinski definition) is 1. The van der Waals surface area contributed by atoms with Gasteiger partial charge in [-0.25, -0.2) is 0 Å². The van der Waals surface area contributed by atoms with Crippen molar-refractivity contribution in [2.24, 2.45) is 0 Å². The number of anilines is 1. The molecule has 0 atom stereocenters. The highest BCUT2D eigenvalue weighted by Crippen LogP contribution is 2.22. The van der Waals surface area contributed by atoms with Crippen molar-refractivity contribution in [2.75, 3.05) is 12.3 Å². The molecule has 0 aliphatic rings. The second-order valence-corrected chi connectivity index (χ2v) is 4.62. The molecule has 2 N–H and O–H groups in total. The highest BCUT2D eigenvalue weighted by Gasteiger charge is 2.02. The summed E-state index contributed by atoms with van der Waals surface area (Å²) >= 11 is 0. The first-order chi connectivity index (χ1) is 8.77. The van der Waals surface area contributed by atoms with Gasteiger partial charge in [0.25, 0.3) is 0 Å². The van der Waals surface area contributed by atoms with Gasteiger partial charge in [-0.05, 0) is 36.6 Å². The average molecular weight is 247 g/mol. The molecule has 0 saturated heterocycles. The molecule has 0 aliphatic carbocycles. The summed E-state index contributed by atoms with van der Waals surface area (Å²) in [5.41, 5.74) is 7.68. The summed E-state index contributed by atoms with van der Waals surface area (Å²) in [5, 5.41) is 0. The van der Waals surface area contributed by atoms with Crippen LogP contribution in [0.1, 0.15) is 44.6 Å². The zero-order valence-electron chi connectivity index (χ0n) is 11.5. The molecule has 0 saturated carbocycles. The van der Waals surface area contributed by atoms with Gasteiger partial charge in [-0.2, -0.15) is 0 Å². The van der Waals surface area contributed by atoms with Crippen LogP contribution in [0.4, 0.5) is 5.69 Å². The van der Waals surface area contributed by atoms with Crippen molar-refractivity contribution in [3.8, 4) is 5.75 Å². The monoisotopic (exact) mass is 247 g/mol. The predicted molar refractivity (Wildman–Crippen MR) is 79.0 cm³/mol. The van der Waals surface area contributed by atoms with E-state index in [1.54, 1.807) is 0 Å². The molecule has 1 aromatic rings. The summed E-state index contributed by atoms with van der Waals surface area (Å²) in [7, 11) is 0. The van der Waals surface area contributed by atoms with Crippen molar-refractivity contribution >= 4 is 5.69 Å². The number of ether oxygens (including phenoxy) is 1. The molecule has 2 heteroatoms. The summed E-state index contributed by atoms with van der Waals surface area (Å²) < 4.78 is 5.82. The van der Waals surface area contributed by atoms with Crippen LogP contribution >= 0.6 is 0 Å². The Morgan fingerprint density at radius 1 is 1.22 bits per heavy atom. The van der Waals surface area contributed by atoms with E-state index in [1.165, 1.54) is 25.7 Å². The molecule has 100 valence electrons. The van der Waals surface area contributed by atoms with Gasteiger partial charge in [0.05, 0.1) is 6.61 Å². The number of nitrogens with two attached hydrogens (primary N) is 1. The molecular weight excluding hydrogens is 222 g/mol. The summed E-state index contributed by atoms with van der Waals surface area (Å²) in [6.07, 6.45) is 8.96. The summed E-state index contributed by atoms with van der Waals surface area (Å²) in [6.45, 7) is 6.78. The van der Waals surface area contributed by atoms with Crippen LogP contribution in [-0.4, -0.2) is 6.61 Å². The minimum Gasteiger partial charge on any atom is -0.493 e. The number of rotatable bonds is 9. The van der Waals surface area contributed by atoms with E-state index in [9.17, 15) is 0 Å². The second-order valence-electron chi connectivity index (χ2n) is 4.62. The fourth-order valence-electron chi connectivity index (χ4n) is 1.94. The van der Waals surface area contributed by atoms with Crippen molar-refractivity contribution in [3.05, 3.63) is 36.4 Å². The largest absolute Gasteiger partial charge is 0.493 e. The molecule has 0 heterocycles. The first kappa shape index (κ1) is 14.6. The SMILES string of the molecule is C=CCc1cc(N)ccc1OCCCCCCC. The molecular formula is C16H25NO. The third-order valence-electron chi connectivity index (χ3n) is 2.95. The highest BCUT2D eigenvalue weighted by molar-refractivity contribution is 5.48. The van der Waals surface area contributed by atoms with Gasteiger partial charge in [0.15, 0.2) is 0 Å². The van der Waals surface area contributed by atoms with Crippen molar-refractivity contribution < 1.29 is 4.74 Å². The van der Waals surface area contributed by atoms with E-state index < -0.39 is 0 Å². The molecule has 0 bridgehead atoms. The van der Waals surface area contributed by atoms with E-state index in [-0.39, 0.29) is 0 Å². The predicted octanol–water partition coefficient (Wildman–Crippen LogP) is 4.35. The smallest absolute Gasteiger partial charge is 0.122 e. The fourth-order valence-corrected chi connectivity index (χ4v) is 1.94. The van der Waals surface area contributed by atoms with Crippen molar-refractivity contribution in [3.63, 3.8) is 0 Å². The maximum absolute atomic E-state index is 5.82. The minimum atomic E-state index is 0.780. The van der Waals surface area contributed by atoms with Gasteiger partial charge in [0.2, 0.25) is 0 Å². The van der Waals surface area contributed by atoms with E-state index >= 15 is 0 Å². The van der Waals surface area contributed by atoms with Crippen LogP contribution < -0.4 is 10.5 Å². The van der Waals surface area contributed by atoms with Crippen LogP contribution in [-0.2, 0) is 6.42 Å². The first-order valence-corrected chi connectivity index (χ1v) is 6.90. The Morgan fingerprint density at radius 2 is 2.00 bits per heavy atom. The molecule has 1 aromatic carbocycles. The normalized spacial score (nSPS) is 10.3. The van der Waals surface area contributed by atoms with E-state index in [4.69, 9.17) is 10.5 Å². The molecule has 0 fully saturated rings. The molecule has 18 heavy (non-hydrogen) atoms. The lowest BCUT2D eigenvalue weighted by Crippen LogP contribution is -2.01.